The predicted octanol–water partition coefficient (Wildman–Crippen LogP) is 2.88. The summed E-state index contributed by atoms with van der Waals surface area (Å²) in [5, 5.41) is 2.89. The van der Waals surface area contributed by atoms with Gasteiger partial charge < -0.3 is 19.7 Å². The quantitative estimate of drug-likeness (QED) is 0.798. The number of nitrogens with zero attached hydrogens (tertiary/aromatic N) is 2. The topological polar surface area (TPSA) is 63.7 Å². The number of carbonyl (C=O) groups is 1. The number of carbonyl (C=O) groups excluding carboxylic acids is 1. The third kappa shape index (κ3) is 4.62. The number of amides is 1. The minimum atomic E-state index is -0.159. The number of rotatable bonds is 8. The zero-order valence-corrected chi connectivity index (χ0v) is 15.2. The Balaban J connectivity index is 2.00. The van der Waals surface area contributed by atoms with Crippen molar-refractivity contribution in [3.05, 3.63) is 47.7 Å². The standard InChI is InChI=1S/C19H25N3O3/c1-5-22(6-2)18-10-8-15(13-20-18)19(23)21-12-14-7-9-16(24-3)17(11-14)25-4/h7-11,13H,5-6,12H2,1-4H3,(H,21,23). The highest BCUT2D eigenvalue weighted by Gasteiger charge is 2.09. The summed E-state index contributed by atoms with van der Waals surface area (Å²) in [7, 11) is 3.18. The number of aromatic nitrogens is 1. The number of hydrogen-bond acceptors (Lipinski definition) is 5. The van der Waals surface area contributed by atoms with E-state index >= 15 is 0 Å². The second kappa shape index (κ2) is 8.92. The molecule has 134 valence electrons. The van der Waals surface area contributed by atoms with Gasteiger partial charge in [0.2, 0.25) is 0 Å². The highest BCUT2D eigenvalue weighted by atomic mass is 16.5. The van der Waals surface area contributed by atoms with Gasteiger partial charge in [-0.25, -0.2) is 4.98 Å². The predicted molar refractivity (Wildman–Crippen MR) is 98.5 cm³/mol. The molecule has 0 atom stereocenters. The first-order valence-electron chi connectivity index (χ1n) is 8.33. The molecule has 0 bridgehead atoms. The molecule has 0 unspecified atom stereocenters. The van der Waals surface area contributed by atoms with Gasteiger partial charge in [0.25, 0.3) is 5.91 Å². The fourth-order valence-corrected chi connectivity index (χ4v) is 2.53. The lowest BCUT2D eigenvalue weighted by Gasteiger charge is -2.19. The molecule has 1 heterocycles. The number of nitrogens with one attached hydrogen (secondary N) is 1. The zero-order chi connectivity index (χ0) is 18.2. The van der Waals surface area contributed by atoms with Crippen molar-refractivity contribution in [2.24, 2.45) is 0 Å². The van der Waals surface area contributed by atoms with Crippen LogP contribution in [0, 0.1) is 0 Å². The van der Waals surface area contributed by atoms with Crippen LogP contribution in [0.2, 0.25) is 0 Å². The second-order valence-electron chi connectivity index (χ2n) is 5.45. The average molecular weight is 343 g/mol. The van der Waals surface area contributed by atoms with Crippen LogP contribution in [0.25, 0.3) is 0 Å². The van der Waals surface area contributed by atoms with Crippen molar-refractivity contribution < 1.29 is 14.3 Å². The molecule has 2 aromatic rings. The summed E-state index contributed by atoms with van der Waals surface area (Å²) in [5.74, 6) is 2.02. The first kappa shape index (κ1) is 18.6. The molecule has 0 radical (unpaired) electrons. The van der Waals surface area contributed by atoms with Crippen LogP contribution < -0.4 is 19.7 Å². The fourth-order valence-electron chi connectivity index (χ4n) is 2.53. The van der Waals surface area contributed by atoms with Crippen molar-refractivity contribution >= 4 is 11.7 Å². The SMILES string of the molecule is CCN(CC)c1ccc(C(=O)NCc2ccc(OC)c(OC)c2)cn1. The van der Waals surface area contributed by atoms with Gasteiger partial charge in [-0.3, -0.25) is 4.79 Å². The molecule has 0 spiro atoms. The van der Waals surface area contributed by atoms with Crippen molar-refractivity contribution in [1.29, 1.82) is 0 Å². The van der Waals surface area contributed by atoms with Crippen LogP contribution in [0.1, 0.15) is 29.8 Å². The van der Waals surface area contributed by atoms with Gasteiger partial charge in [-0.2, -0.15) is 0 Å². The summed E-state index contributed by atoms with van der Waals surface area (Å²) in [5.41, 5.74) is 1.47. The van der Waals surface area contributed by atoms with Gasteiger partial charge in [0.05, 0.1) is 19.8 Å². The molecule has 0 fully saturated rings. The molecule has 0 saturated heterocycles. The summed E-state index contributed by atoms with van der Waals surface area (Å²) in [6, 6.07) is 9.23. The lowest BCUT2D eigenvalue weighted by molar-refractivity contribution is 0.0950. The van der Waals surface area contributed by atoms with E-state index in [9.17, 15) is 4.79 Å². The molecule has 0 aliphatic carbocycles. The van der Waals surface area contributed by atoms with Crippen molar-refractivity contribution in [3.8, 4) is 11.5 Å². The largest absolute Gasteiger partial charge is 0.493 e. The summed E-state index contributed by atoms with van der Waals surface area (Å²) >= 11 is 0. The number of anilines is 1. The highest BCUT2D eigenvalue weighted by molar-refractivity contribution is 5.94. The van der Waals surface area contributed by atoms with Crippen molar-refractivity contribution in [3.63, 3.8) is 0 Å². The van der Waals surface area contributed by atoms with Gasteiger partial charge in [-0.05, 0) is 43.7 Å². The first-order valence-corrected chi connectivity index (χ1v) is 8.33. The van der Waals surface area contributed by atoms with Gasteiger partial charge in [0.1, 0.15) is 5.82 Å². The van der Waals surface area contributed by atoms with Gasteiger partial charge in [-0.1, -0.05) is 6.07 Å². The zero-order valence-electron chi connectivity index (χ0n) is 15.2. The average Bonchev–Trinajstić information content (AvgIpc) is 2.67. The lowest BCUT2D eigenvalue weighted by atomic mass is 10.2. The monoisotopic (exact) mass is 343 g/mol. The van der Waals surface area contributed by atoms with Gasteiger partial charge in [-0.15, -0.1) is 0 Å². The molecule has 6 heteroatoms. The highest BCUT2D eigenvalue weighted by Crippen LogP contribution is 2.27. The van der Waals surface area contributed by atoms with Crippen molar-refractivity contribution in [1.82, 2.24) is 10.3 Å². The van der Waals surface area contributed by atoms with E-state index in [2.05, 4.69) is 29.0 Å². The molecule has 2 rings (SSSR count). The molecular weight excluding hydrogens is 318 g/mol. The van der Waals surface area contributed by atoms with Gasteiger partial charge in [0, 0.05) is 25.8 Å². The van der Waals surface area contributed by atoms with E-state index in [1.807, 2.05) is 24.3 Å². The van der Waals surface area contributed by atoms with Crippen molar-refractivity contribution in [2.75, 3.05) is 32.2 Å². The van der Waals surface area contributed by atoms with Crippen LogP contribution in [0.4, 0.5) is 5.82 Å². The van der Waals surface area contributed by atoms with E-state index in [1.54, 1.807) is 26.5 Å². The van der Waals surface area contributed by atoms with Crippen LogP contribution in [-0.4, -0.2) is 38.2 Å². The number of hydrogen-bond donors (Lipinski definition) is 1. The maximum Gasteiger partial charge on any atom is 0.253 e. The van der Waals surface area contributed by atoms with E-state index in [0.29, 0.717) is 23.6 Å². The molecule has 6 nitrogen and oxygen atoms in total. The Hall–Kier alpha value is -2.76. The maximum absolute atomic E-state index is 12.3. The Morgan fingerprint density at radius 3 is 2.36 bits per heavy atom. The number of ether oxygens (including phenoxy) is 2. The minimum absolute atomic E-state index is 0.159. The van der Waals surface area contributed by atoms with Gasteiger partial charge >= 0.3 is 0 Å². The van der Waals surface area contributed by atoms with E-state index in [0.717, 1.165) is 24.5 Å². The number of benzene rings is 1. The molecule has 1 aromatic carbocycles. The Morgan fingerprint density at radius 2 is 1.80 bits per heavy atom. The van der Waals surface area contributed by atoms with Crippen LogP contribution >= 0.6 is 0 Å². The summed E-state index contributed by atoms with van der Waals surface area (Å²) < 4.78 is 10.5. The van der Waals surface area contributed by atoms with E-state index in [1.165, 1.54) is 0 Å². The molecule has 1 aromatic heterocycles. The third-order valence-corrected chi connectivity index (χ3v) is 4.00. The molecule has 0 aliphatic heterocycles. The van der Waals surface area contributed by atoms with Gasteiger partial charge in [0.15, 0.2) is 11.5 Å². The Labute approximate surface area is 148 Å². The van der Waals surface area contributed by atoms with E-state index < -0.39 is 0 Å². The smallest absolute Gasteiger partial charge is 0.253 e. The minimum Gasteiger partial charge on any atom is -0.493 e. The fraction of sp³-hybridized carbons (Fsp3) is 0.368. The normalized spacial score (nSPS) is 10.2. The first-order chi connectivity index (χ1) is 12.1. The van der Waals surface area contributed by atoms with Crippen LogP contribution in [0.15, 0.2) is 36.5 Å². The summed E-state index contributed by atoms with van der Waals surface area (Å²) in [4.78, 5) is 18.8. The third-order valence-electron chi connectivity index (χ3n) is 4.00. The Kier molecular flexibility index (Phi) is 6.62. The molecule has 1 N–H and O–H groups in total. The number of methoxy groups -OCH3 is 2. The lowest BCUT2D eigenvalue weighted by Crippen LogP contribution is -2.25. The summed E-state index contributed by atoms with van der Waals surface area (Å²) in [6.07, 6.45) is 1.61. The maximum atomic E-state index is 12.3. The molecular formula is C19H25N3O3. The van der Waals surface area contributed by atoms with Crippen LogP contribution in [0.3, 0.4) is 0 Å². The molecule has 25 heavy (non-hydrogen) atoms. The second-order valence-corrected chi connectivity index (χ2v) is 5.45. The van der Waals surface area contributed by atoms with Crippen LogP contribution in [0.5, 0.6) is 11.5 Å². The van der Waals surface area contributed by atoms with E-state index in [4.69, 9.17) is 9.47 Å². The summed E-state index contributed by atoms with van der Waals surface area (Å²) in [6.45, 7) is 6.32. The van der Waals surface area contributed by atoms with Crippen molar-refractivity contribution in [2.45, 2.75) is 20.4 Å². The van der Waals surface area contributed by atoms with Crippen LogP contribution in [-0.2, 0) is 6.54 Å². The Morgan fingerprint density at radius 1 is 1.08 bits per heavy atom. The molecule has 1 amide bonds. The number of pyridine rings is 1. The molecule has 0 aliphatic rings. The molecule has 0 saturated carbocycles. The van der Waals surface area contributed by atoms with E-state index in [-0.39, 0.29) is 5.91 Å². The Bertz CT molecular complexity index is 698.